The summed E-state index contributed by atoms with van der Waals surface area (Å²) in [6.07, 6.45) is 1.79. The molecule has 164 valence electrons. The molecule has 0 saturated carbocycles. The zero-order valence-corrected chi connectivity index (χ0v) is 18.1. The van der Waals surface area contributed by atoms with Crippen molar-refractivity contribution in [3.05, 3.63) is 71.4 Å². The maximum Gasteiger partial charge on any atom is 0.149 e. The van der Waals surface area contributed by atoms with Gasteiger partial charge in [0, 0.05) is 69.2 Å². The fourth-order valence-electron chi connectivity index (χ4n) is 3.92. The molecule has 2 aromatic carbocycles. The monoisotopic (exact) mass is 425 g/mol. The fraction of sp³-hybridized carbons (Fsp3) is 0.375. The first-order valence-corrected chi connectivity index (χ1v) is 10.7. The van der Waals surface area contributed by atoms with Crippen molar-refractivity contribution in [2.45, 2.75) is 13.5 Å². The van der Waals surface area contributed by atoms with Crippen LogP contribution in [0.5, 0.6) is 0 Å². The Balaban J connectivity index is 1.53. The van der Waals surface area contributed by atoms with Crippen LogP contribution in [0.15, 0.2) is 48.7 Å². The molecule has 4 rings (SSSR count). The molecule has 1 aliphatic rings. The van der Waals surface area contributed by atoms with Crippen molar-refractivity contribution >= 4 is 0 Å². The predicted molar refractivity (Wildman–Crippen MR) is 119 cm³/mol. The van der Waals surface area contributed by atoms with Gasteiger partial charge in [0.15, 0.2) is 0 Å². The maximum absolute atomic E-state index is 14.4. The van der Waals surface area contributed by atoms with Crippen LogP contribution in [-0.4, -0.2) is 65.9 Å². The van der Waals surface area contributed by atoms with Gasteiger partial charge in [0.05, 0.1) is 5.69 Å². The van der Waals surface area contributed by atoms with Gasteiger partial charge in [-0.25, -0.2) is 13.5 Å². The molecule has 7 heteroatoms. The van der Waals surface area contributed by atoms with Gasteiger partial charge in [0.2, 0.25) is 0 Å². The molecule has 1 aromatic heterocycles. The first-order chi connectivity index (χ1) is 15.0. The molecule has 0 radical (unpaired) electrons. The number of halogens is 2. The number of piperazine rings is 1. The van der Waals surface area contributed by atoms with E-state index >= 15 is 0 Å². The van der Waals surface area contributed by atoms with E-state index in [2.05, 4.69) is 27.3 Å². The Hall–Kier alpha value is -2.61. The zero-order chi connectivity index (χ0) is 21.8. The highest BCUT2D eigenvalue weighted by Gasteiger charge is 2.17. The van der Waals surface area contributed by atoms with Crippen LogP contribution in [0.25, 0.3) is 16.9 Å². The number of aromatic nitrogens is 2. The molecule has 3 aromatic rings. The van der Waals surface area contributed by atoms with Crippen molar-refractivity contribution in [2.75, 3.05) is 46.3 Å². The second-order valence-corrected chi connectivity index (χ2v) is 8.18. The van der Waals surface area contributed by atoms with E-state index < -0.39 is 11.6 Å². The fourth-order valence-corrected chi connectivity index (χ4v) is 3.92. The summed E-state index contributed by atoms with van der Waals surface area (Å²) >= 11 is 0. The Labute approximate surface area is 182 Å². The topological polar surface area (TPSA) is 36.3 Å². The van der Waals surface area contributed by atoms with Gasteiger partial charge in [-0.1, -0.05) is 24.3 Å². The van der Waals surface area contributed by atoms with E-state index in [-0.39, 0.29) is 5.69 Å². The van der Waals surface area contributed by atoms with Crippen LogP contribution < -0.4 is 5.32 Å². The quantitative estimate of drug-likeness (QED) is 0.588. The van der Waals surface area contributed by atoms with E-state index in [1.165, 1.54) is 10.7 Å². The Morgan fingerprint density at radius 3 is 2.58 bits per heavy atom. The molecular formula is C24H29F2N5. The van der Waals surface area contributed by atoms with Crippen molar-refractivity contribution in [3.63, 3.8) is 0 Å². The van der Waals surface area contributed by atoms with Gasteiger partial charge >= 0.3 is 0 Å². The van der Waals surface area contributed by atoms with Crippen molar-refractivity contribution < 1.29 is 8.78 Å². The number of likely N-dealkylation sites (N-methyl/N-ethyl adjacent to an activating group) is 1. The Kier molecular flexibility index (Phi) is 6.75. The molecular weight excluding hydrogens is 396 g/mol. The summed E-state index contributed by atoms with van der Waals surface area (Å²) in [6.45, 7) is 8.85. The normalized spacial score (nSPS) is 15.5. The minimum Gasteiger partial charge on any atom is -0.311 e. The molecule has 1 saturated heterocycles. The molecule has 31 heavy (non-hydrogen) atoms. The molecule has 1 N–H and O–H groups in total. The number of rotatable bonds is 7. The lowest BCUT2D eigenvalue weighted by Gasteiger charge is -2.32. The van der Waals surface area contributed by atoms with Gasteiger partial charge < -0.3 is 10.2 Å². The molecule has 0 bridgehead atoms. The van der Waals surface area contributed by atoms with E-state index in [1.54, 1.807) is 6.20 Å². The van der Waals surface area contributed by atoms with Crippen molar-refractivity contribution in [1.29, 1.82) is 0 Å². The lowest BCUT2D eigenvalue weighted by molar-refractivity contribution is 0.154. The van der Waals surface area contributed by atoms with Gasteiger partial charge in [-0.15, -0.1) is 0 Å². The average Bonchev–Trinajstić information content (AvgIpc) is 3.18. The number of nitrogens with zero attached hydrogens (tertiary/aromatic N) is 4. The van der Waals surface area contributed by atoms with Gasteiger partial charge in [-0.05, 0) is 31.7 Å². The second-order valence-electron chi connectivity index (χ2n) is 8.18. The summed E-state index contributed by atoms with van der Waals surface area (Å²) in [5, 5.41) is 8.15. The summed E-state index contributed by atoms with van der Waals surface area (Å²) in [6, 6.07) is 11.4. The van der Waals surface area contributed by atoms with Crippen LogP contribution >= 0.6 is 0 Å². The molecule has 0 unspecified atom stereocenters. The average molecular weight is 426 g/mol. The summed E-state index contributed by atoms with van der Waals surface area (Å²) in [7, 11) is 2.15. The zero-order valence-electron chi connectivity index (χ0n) is 18.1. The predicted octanol–water partition coefficient (Wildman–Crippen LogP) is 3.46. The van der Waals surface area contributed by atoms with Crippen LogP contribution in [0.4, 0.5) is 8.78 Å². The molecule has 1 aliphatic heterocycles. The summed E-state index contributed by atoms with van der Waals surface area (Å²) < 4.78 is 29.6. The summed E-state index contributed by atoms with van der Waals surface area (Å²) in [4.78, 5) is 4.80. The Bertz CT molecular complexity index is 1020. The van der Waals surface area contributed by atoms with Crippen LogP contribution in [0, 0.1) is 18.6 Å². The van der Waals surface area contributed by atoms with E-state index in [9.17, 15) is 8.78 Å². The van der Waals surface area contributed by atoms with E-state index in [4.69, 9.17) is 0 Å². The molecule has 0 amide bonds. The van der Waals surface area contributed by atoms with Crippen molar-refractivity contribution in [1.82, 2.24) is 24.9 Å². The standard InChI is InChI=1S/C24H29F2N5/c1-18-5-3-4-6-21(18)24-19(16-27-9-10-30-13-11-29(2)12-14-30)17-31(28-24)23-15-20(25)7-8-22(23)26/h3-8,15,17,27H,9-14,16H2,1-2H3. The SMILES string of the molecule is Cc1ccccc1-c1nn(-c2cc(F)ccc2F)cc1CNCCN1CCN(C)CC1. The first kappa shape index (κ1) is 21.6. The second kappa shape index (κ2) is 9.68. The van der Waals surface area contributed by atoms with Crippen molar-refractivity contribution in [3.8, 4) is 16.9 Å². The van der Waals surface area contributed by atoms with Crippen LogP contribution in [-0.2, 0) is 6.54 Å². The van der Waals surface area contributed by atoms with Crippen LogP contribution in [0.1, 0.15) is 11.1 Å². The maximum atomic E-state index is 14.4. The smallest absolute Gasteiger partial charge is 0.149 e. The third-order valence-electron chi connectivity index (χ3n) is 5.86. The van der Waals surface area contributed by atoms with E-state index in [0.717, 1.165) is 73.8 Å². The summed E-state index contributed by atoms with van der Waals surface area (Å²) in [5.74, 6) is -0.994. The molecule has 2 heterocycles. The minimum absolute atomic E-state index is 0.110. The minimum atomic E-state index is -0.505. The summed E-state index contributed by atoms with van der Waals surface area (Å²) in [5.41, 5.74) is 3.93. The lowest BCUT2D eigenvalue weighted by atomic mass is 10.0. The van der Waals surface area contributed by atoms with Gasteiger partial charge in [-0.2, -0.15) is 5.10 Å². The number of benzene rings is 2. The Morgan fingerprint density at radius 1 is 1.03 bits per heavy atom. The van der Waals surface area contributed by atoms with Crippen LogP contribution in [0.2, 0.25) is 0 Å². The Morgan fingerprint density at radius 2 is 1.81 bits per heavy atom. The number of hydrogen-bond acceptors (Lipinski definition) is 4. The highest BCUT2D eigenvalue weighted by Crippen LogP contribution is 2.27. The van der Waals surface area contributed by atoms with Gasteiger partial charge in [0.1, 0.15) is 17.3 Å². The molecule has 0 spiro atoms. The van der Waals surface area contributed by atoms with Gasteiger partial charge in [0.25, 0.3) is 0 Å². The molecule has 5 nitrogen and oxygen atoms in total. The largest absolute Gasteiger partial charge is 0.311 e. The highest BCUT2D eigenvalue weighted by atomic mass is 19.1. The van der Waals surface area contributed by atoms with Gasteiger partial charge in [-0.3, -0.25) is 4.90 Å². The first-order valence-electron chi connectivity index (χ1n) is 10.7. The third-order valence-corrected chi connectivity index (χ3v) is 5.86. The molecule has 0 aliphatic carbocycles. The van der Waals surface area contributed by atoms with E-state index in [0.29, 0.717) is 6.54 Å². The number of nitrogens with one attached hydrogen (secondary N) is 1. The third kappa shape index (κ3) is 5.18. The molecule has 0 atom stereocenters. The lowest BCUT2D eigenvalue weighted by Crippen LogP contribution is -2.46. The number of aryl methyl sites for hydroxylation is 1. The molecule has 1 fully saturated rings. The number of hydrogen-bond donors (Lipinski definition) is 1. The highest BCUT2D eigenvalue weighted by molar-refractivity contribution is 5.66. The van der Waals surface area contributed by atoms with Crippen molar-refractivity contribution in [2.24, 2.45) is 0 Å². The van der Waals surface area contributed by atoms with E-state index in [1.807, 2.05) is 31.2 Å². The van der Waals surface area contributed by atoms with Crippen LogP contribution in [0.3, 0.4) is 0 Å².